The second kappa shape index (κ2) is 7.16. The van der Waals surface area contributed by atoms with E-state index in [1.54, 1.807) is 0 Å². The lowest BCUT2D eigenvalue weighted by Gasteiger charge is -2.07. The molecule has 2 nitrogen and oxygen atoms in total. The fraction of sp³-hybridized carbons (Fsp3) is 0.462. The summed E-state index contributed by atoms with van der Waals surface area (Å²) in [7, 11) is 0. The Hall–Kier alpha value is -1.18. The fourth-order valence-electron chi connectivity index (χ4n) is 1.27. The van der Waals surface area contributed by atoms with Gasteiger partial charge in [-0.2, -0.15) is 0 Å². The Balaban J connectivity index is 2.29. The molecule has 83 valence electrons. The van der Waals surface area contributed by atoms with Crippen LogP contribution >= 0.6 is 0 Å². The first-order valence-corrected chi connectivity index (χ1v) is 5.51. The van der Waals surface area contributed by atoms with Crippen molar-refractivity contribution in [3.8, 4) is 11.5 Å². The van der Waals surface area contributed by atoms with Gasteiger partial charge in [-0.1, -0.05) is 19.8 Å². The molecule has 1 aromatic carbocycles. The van der Waals surface area contributed by atoms with Crippen LogP contribution in [0.3, 0.4) is 0 Å². The van der Waals surface area contributed by atoms with Crippen LogP contribution in [0.4, 0.5) is 0 Å². The van der Waals surface area contributed by atoms with E-state index in [4.69, 9.17) is 9.47 Å². The lowest BCUT2D eigenvalue weighted by molar-refractivity contribution is 0.305. The summed E-state index contributed by atoms with van der Waals surface area (Å²) in [5, 5.41) is 0. The average Bonchev–Trinajstić information content (AvgIpc) is 2.27. The number of ether oxygens (including phenoxy) is 2. The highest BCUT2D eigenvalue weighted by Crippen LogP contribution is 2.17. The molecule has 0 fully saturated rings. The van der Waals surface area contributed by atoms with Gasteiger partial charge in [0.05, 0.1) is 13.2 Å². The Morgan fingerprint density at radius 1 is 1.00 bits per heavy atom. The molecule has 0 aromatic heterocycles. The Bertz CT molecular complexity index is 254. The molecule has 0 spiro atoms. The Morgan fingerprint density at radius 2 is 1.60 bits per heavy atom. The number of hydrogen-bond donors (Lipinski definition) is 0. The van der Waals surface area contributed by atoms with Gasteiger partial charge in [-0.05, 0) is 37.6 Å². The highest BCUT2D eigenvalue weighted by Gasteiger charge is 1.95. The smallest absolute Gasteiger partial charge is 0.119 e. The molecule has 1 radical (unpaired) electrons. The van der Waals surface area contributed by atoms with Crippen LogP contribution in [0.2, 0.25) is 0 Å². The van der Waals surface area contributed by atoms with Crippen LogP contribution in [0, 0.1) is 6.92 Å². The zero-order valence-electron chi connectivity index (χ0n) is 9.37. The molecule has 0 heterocycles. The molecule has 2 heteroatoms. The van der Waals surface area contributed by atoms with Crippen molar-refractivity contribution in [2.75, 3.05) is 13.2 Å². The summed E-state index contributed by atoms with van der Waals surface area (Å²) in [4.78, 5) is 0. The molecular formula is C13H19O2. The van der Waals surface area contributed by atoms with Gasteiger partial charge in [-0.25, -0.2) is 0 Å². The molecule has 0 unspecified atom stereocenters. The summed E-state index contributed by atoms with van der Waals surface area (Å²) < 4.78 is 10.9. The van der Waals surface area contributed by atoms with E-state index >= 15 is 0 Å². The van der Waals surface area contributed by atoms with Crippen LogP contribution < -0.4 is 9.47 Å². The summed E-state index contributed by atoms with van der Waals surface area (Å²) in [5.41, 5.74) is 0. The summed E-state index contributed by atoms with van der Waals surface area (Å²) >= 11 is 0. The first-order valence-electron chi connectivity index (χ1n) is 5.51. The van der Waals surface area contributed by atoms with Gasteiger partial charge in [-0.15, -0.1) is 0 Å². The van der Waals surface area contributed by atoms with Crippen molar-refractivity contribution in [2.45, 2.75) is 26.2 Å². The van der Waals surface area contributed by atoms with Crippen molar-refractivity contribution < 1.29 is 9.47 Å². The molecule has 0 aliphatic rings. The fourth-order valence-corrected chi connectivity index (χ4v) is 1.27. The monoisotopic (exact) mass is 207 g/mol. The van der Waals surface area contributed by atoms with E-state index in [1.807, 2.05) is 31.2 Å². The van der Waals surface area contributed by atoms with Crippen LogP contribution in [0.5, 0.6) is 11.5 Å². The van der Waals surface area contributed by atoms with E-state index in [1.165, 1.54) is 0 Å². The maximum absolute atomic E-state index is 5.56. The average molecular weight is 207 g/mol. The van der Waals surface area contributed by atoms with Gasteiger partial charge in [-0.3, -0.25) is 0 Å². The minimum atomic E-state index is 0.698. The quantitative estimate of drug-likeness (QED) is 0.637. The first kappa shape index (κ1) is 11.9. The Morgan fingerprint density at radius 3 is 2.13 bits per heavy atom. The maximum atomic E-state index is 5.56. The summed E-state index contributed by atoms with van der Waals surface area (Å²) in [6.45, 7) is 7.23. The molecule has 0 aliphatic heterocycles. The molecule has 0 saturated carbocycles. The summed E-state index contributed by atoms with van der Waals surface area (Å²) in [6, 6.07) is 7.74. The third-order valence-electron chi connectivity index (χ3n) is 2.05. The number of hydrogen-bond acceptors (Lipinski definition) is 2. The van der Waals surface area contributed by atoms with Gasteiger partial charge in [0.15, 0.2) is 0 Å². The summed E-state index contributed by atoms with van der Waals surface area (Å²) in [6.07, 6.45) is 3.17. The third-order valence-corrected chi connectivity index (χ3v) is 2.05. The van der Waals surface area contributed by atoms with E-state index < -0.39 is 0 Å². The number of rotatable bonds is 7. The molecular weight excluding hydrogens is 188 g/mol. The molecule has 0 amide bonds. The molecule has 0 atom stereocenters. The van der Waals surface area contributed by atoms with Crippen molar-refractivity contribution in [1.29, 1.82) is 0 Å². The van der Waals surface area contributed by atoms with Crippen molar-refractivity contribution >= 4 is 0 Å². The zero-order chi connectivity index (χ0) is 10.9. The van der Waals surface area contributed by atoms with Gasteiger partial charge in [0.2, 0.25) is 0 Å². The van der Waals surface area contributed by atoms with Gasteiger partial charge < -0.3 is 9.47 Å². The highest BCUT2D eigenvalue weighted by atomic mass is 16.5. The predicted molar refractivity (Wildman–Crippen MR) is 62.3 cm³/mol. The SMILES string of the molecule is [CH2]CCCCOc1ccc(OCC)cc1. The van der Waals surface area contributed by atoms with Gasteiger partial charge in [0, 0.05) is 0 Å². The van der Waals surface area contributed by atoms with Crippen LogP contribution in [0.1, 0.15) is 26.2 Å². The van der Waals surface area contributed by atoms with E-state index in [0.717, 1.165) is 37.4 Å². The van der Waals surface area contributed by atoms with Gasteiger partial charge in [0.1, 0.15) is 11.5 Å². The minimum Gasteiger partial charge on any atom is -0.494 e. The van der Waals surface area contributed by atoms with Crippen LogP contribution in [-0.4, -0.2) is 13.2 Å². The first-order chi connectivity index (χ1) is 7.36. The zero-order valence-corrected chi connectivity index (χ0v) is 9.37. The standard InChI is InChI=1S/C13H19O2/c1-3-5-6-11-15-13-9-7-12(8-10-13)14-4-2/h7-10H,1,3-6,11H2,2H3. The largest absolute Gasteiger partial charge is 0.494 e. The van der Waals surface area contributed by atoms with Crippen molar-refractivity contribution in [2.24, 2.45) is 0 Å². The van der Waals surface area contributed by atoms with Crippen LogP contribution in [0.15, 0.2) is 24.3 Å². The minimum absolute atomic E-state index is 0.698. The maximum Gasteiger partial charge on any atom is 0.119 e. The topological polar surface area (TPSA) is 18.5 Å². The molecule has 0 N–H and O–H groups in total. The van der Waals surface area contributed by atoms with Gasteiger partial charge >= 0.3 is 0 Å². The van der Waals surface area contributed by atoms with Crippen LogP contribution in [-0.2, 0) is 0 Å². The Kier molecular flexibility index (Phi) is 5.67. The number of unbranched alkanes of at least 4 members (excludes halogenated alkanes) is 2. The lowest BCUT2D eigenvalue weighted by Crippen LogP contribution is -1.97. The van der Waals surface area contributed by atoms with E-state index in [-0.39, 0.29) is 0 Å². The predicted octanol–water partition coefficient (Wildman–Crippen LogP) is 3.47. The van der Waals surface area contributed by atoms with Crippen LogP contribution in [0.25, 0.3) is 0 Å². The van der Waals surface area contributed by atoms with E-state index in [2.05, 4.69) is 6.92 Å². The lowest BCUT2D eigenvalue weighted by atomic mass is 10.3. The van der Waals surface area contributed by atoms with Crippen molar-refractivity contribution in [3.05, 3.63) is 31.2 Å². The second-order valence-electron chi connectivity index (χ2n) is 3.31. The molecule has 0 aliphatic carbocycles. The van der Waals surface area contributed by atoms with E-state index in [9.17, 15) is 0 Å². The van der Waals surface area contributed by atoms with Crippen molar-refractivity contribution in [1.82, 2.24) is 0 Å². The van der Waals surface area contributed by atoms with Crippen molar-refractivity contribution in [3.63, 3.8) is 0 Å². The number of benzene rings is 1. The third kappa shape index (κ3) is 4.73. The summed E-state index contributed by atoms with van der Waals surface area (Å²) in [5.74, 6) is 1.80. The molecule has 0 saturated heterocycles. The van der Waals surface area contributed by atoms with E-state index in [0.29, 0.717) is 6.61 Å². The Labute approximate surface area is 92.2 Å². The van der Waals surface area contributed by atoms with Gasteiger partial charge in [0.25, 0.3) is 0 Å². The molecule has 1 rings (SSSR count). The normalized spacial score (nSPS) is 10.0. The molecule has 1 aromatic rings. The molecule has 0 bridgehead atoms. The second-order valence-corrected chi connectivity index (χ2v) is 3.31. The molecule has 15 heavy (non-hydrogen) atoms. The highest BCUT2D eigenvalue weighted by molar-refractivity contribution is 5.31.